The molecule has 1 saturated heterocycles. The van der Waals surface area contributed by atoms with Crippen LogP contribution in [-0.2, 0) is 27.6 Å². The number of hydrogen-bond donors (Lipinski definition) is 0. The summed E-state index contributed by atoms with van der Waals surface area (Å²) in [6.45, 7) is 4.99. The van der Waals surface area contributed by atoms with Crippen LogP contribution in [0.3, 0.4) is 0 Å². The van der Waals surface area contributed by atoms with Crippen molar-refractivity contribution < 1.29 is 22.7 Å². The largest absolute Gasteiger partial charge is 0.494 e. The van der Waals surface area contributed by atoms with Gasteiger partial charge in [0.25, 0.3) is 5.91 Å². The third kappa shape index (κ3) is 6.72. The maximum absolute atomic E-state index is 13.0. The van der Waals surface area contributed by atoms with E-state index < -0.39 is 9.84 Å². The summed E-state index contributed by atoms with van der Waals surface area (Å²) in [5.74, 6) is 1.31. The van der Waals surface area contributed by atoms with Gasteiger partial charge in [-0.05, 0) is 54.7 Å². The van der Waals surface area contributed by atoms with E-state index in [0.29, 0.717) is 25.3 Å². The topological polar surface area (TPSA) is 72.9 Å². The van der Waals surface area contributed by atoms with Gasteiger partial charge in [-0.1, -0.05) is 38.1 Å². The van der Waals surface area contributed by atoms with Gasteiger partial charge in [-0.3, -0.25) is 4.79 Å². The van der Waals surface area contributed by atoms with Crippen LogP contribution in [-0.4, -0.2) is 50.0 Å². The minimum atomic E-state index is -3.11. The third-order valence-electron chi connectivity index (χ3n) is 5.41. The van der Waals surface area contributed by atoms with E-state index in [4.69, 9.17) is 9.47 Å². The normalized spacial score (nSPS) is 17.3. The van der Waals surface area contributed by atoms with Crippen molar-refractivity contribution >= 4 is 15.7 Å². The van der Waals surface area contributed by atoms with Gasteiger partial charge in [0, 0.05) is 12.6 Å². The number of amides is 1. The number of aryl methyl sites for hydroxylation is 1. The molecule has 0 radical (unpaired) electrons. The summed E-state index contributed by atoms with van der Waals surface area (Å²) in [5.41, 5.74) is 2.12. The standard InChI is InChI=1S/C24H31NO5S/c1-3-14-29-22-11-7-20(8-12-22)16-25(21-13-15-31(27,28)18-21)24(26)17-30-23-9-5-19(4-2)6-10-23/h5-12,21H,3-4,13-18H2,1-2H3. The highest BCUT2D eigenvalue weighted by Gasteiger charge is 2.34. The van der Waals surface area contributed by atoms with Crippen LogP contribution in [0, 0.1) is 0 Å². The van der Waals surface area contributed by atoms with Crippen LogP contribution in [0.2, 0.25) is 0 Å². The van der Waals surface area contributed by atoms with Gasteiger partial charge in [0.15, 0.2) is 16.4 Å². The molecule has 168 valence electrons. The smallest absolute Gasteiger partial charge is 0.261 e. The van der Waals surface area contributed by atoms with Crippen molar-refractivity contribution in [3.05, 3.63) is 59.7 Å². The van der Waals surface area contributed by atoms with E-state index in [1.54, 1.807) is 4.90 Å². The predicted octanol–water partition coefficient (Wildman–Crippen LogP) is 3.63. The molecule has 7 heteroatoms. The molecule has 0 N–H and O–H groups in total. The molecule has 1 unspecified atom stereocenters. The molecular weight excluding hydrogens is 414 g/mol. The van der Waals surface area contributed by atoms with Gasteiger partial charge in [0.05, 0.1) is 18.1 Å². The molecule has 0 aromatic heterocycles. The van der Waals surface area contributed by atoms with E-state index in [9.17, 15) is 13.2 Å². The molecule has 1 fully saturated rings. The fourth-order valence-electron chi connectivity index (χ4n) is 3.60. The van der Waals surface area contributed by atoms with Crippen molar-refractivity contribution in [1.82, 2.24) is 4.90 Å². The third-order valence-corrected chi connectivity index (χ3v) is 7.16. The van der Waals surface area contributed by atoms with Gasteiger partial charge < -0.3 is 14.4 Å². The fraction of sp³-hybridized carbons (Fsp3) is 0.458. The first kappa shape index (κ1) is 23.1. The van der Waals surface area contributed by atoms with Crippen molar-refractivity contribution in [2.75, 3.05) is 24.7 Å². The number of carbonyl (C=O) groups is 1. The Balaban J connectivity index is 1.68. The molecule has 0 spiro atoms. The predicted molar refractivity (Wildman–Crippen MR) is 121 cm³/mol. The molecule has 2 aromatic rings. The molecule has 2 aromatic carbocycles. The minimum absolute atomic E-state index is 0.00162. The zero-order chi connectivity index (χ0) is 22.3. The maximum atomic E-state index is 13.0. The SMILES string of the molecule is CCCOc1ccc(CN(C(=O)COc2ccc(CC)cc2)C2CCS(=O)(=O)C2)cc1. The van der Waals surface area contributed by atoms with E-state index in [2.05, 4.69) is 6.92 Å². The minimum Gasteiger partial charge on any atom is -0.494 e. The molecule has 1 amide bonds. The lowest BCUT2D eigenvalue weighted by atomic mass is 10.1. The summed E-state index contributed by atoms with van der Waals surface area (Å²) in [6.07, 6.45) is 2.32. The molecule has 1 aliphatic rings. The number of benzene rings is 2. The Morgan fingerprint density at radius 3 is 2.13 bits per heavy atom. The highest BCUT2D eigenvalue weighted by Crippen LogP contribution is 2.22. The number of ether oxygens (including phenoxy) is 2. The summed E-state index contributed by atoms with van der Waals surface area (Å²) in [4.78, 5) is 14.7. The second-order valence-electron chi connectivity index (χ2n) is 7.86. The van der Waals surface area contributed by atoms with Crippen LogP contribution in [0.4, 0.5) is 0 Å². The summed E-state index contributed by atoms with van der Waals surface area (Å²) in [6, 6.07) is 14.9. The highest BCUT2D eigenvalue weighted by molar-refractivity contribution is 7.91. The zero-order valence-corrected chi connectivity index (χ0v) is 19.1. The monoisotopic (exact) mass is 445 g/mol. The maximum Gasteiger partial charge on any atom is 0.261 e. The highest BCUT2D eigenvalue weighted by atomic mass is 32.2. The number of rotatable bonds is 10. The molecule has 3 rings (SSSR count). The van der Waals surface area contributed by atoms with Gasteiger partial charge in [0.2, 0.25) is 0 Å². The summed E-state index contributed by atoms with van der Waals surface area (Å²) in [7, 11) is -3.11. The van der Waals surface area contributed by atoms with Crippen LogP contribution in [0.1, 0.15) is 37.8 Å². The van der Waals surface area contributed by atoms with E-state index in [-0.39, 0.29) is 30.1 Å². The molecule has 0 saturated carbocycles. The van der Waals surface area contributed by atoms with Crippen molar-refractivity contribution in [3.8, 4) is 11.5 Å². The van der Waals surface area contributed by atoms with Gasteiger partial charge in [-0.2, -0.15) is 0 Å². The molecule has 1 heterocycles. The first-order valence-electron chi connectivity index (χ1n) is 10.8. The van der Waals surface area contributed by atoms with Gasteiger partial charge in [-0.15, -0.1) is 0 Å². The molecule has 0 aliphatic carbocycles. The van der Waals surface area contributed by atoms with E-state index in [1.807, 2.05) is 55.5 Å². The van der Waals surface area contributed by atoms with Crippen LogP contribution in [0.25, 0.3) is 0 Å². The second-order valence-corrected chi connectivity index (χ2v) is 10.1. The molecule has 0 bridgehead atoms. The second kappa shape index (κ2) is 10.7. The Morgan fingerprint density at radius 1 is 0.968 bits per heavy atom. The van der Waals surface area contributed by atoms with E-state index in [0.717, 1.165) is 24.2 Å². The Kier molecular flexibility index (Phi) is 7.96. The van der Waals surface area contributed by atoms with Crippen molar-refractivity contribution in [1.29, 1.82) is 0 Å². The number of sulfone groups is 1. The Morgan fingerprint density at radius 2 is 1.58 bits per heavy atom. The number of carbonyl (C=O) groups excluding carboxylic acids is 1. The molecule has 31 heavy (non-hydrogen) atoms. The lowest BCUT2D eigenvalue weighted by Gasteiger charge is -2.28. The van der Waals surface area contributed by atoms with E-state index in [1.165, 1.54) is 5.56 Å². The van der Waals surface area contributed by atoms with Crippen LogP contribution < -0.4 is 9.47 Å². The van der Waals surface area contributed by atoms with Crippen molar-refractivity contribution in [3.63, 3.8) is 0 Å². The average molecular weight is 446 g/mol. The summed E-state index contributed by atoms with van der Waals surface area (Å²) >= 11 is 0. The first-order valence-corrected chi connectivity index (χ1v) is 12.7. The van der Waals surface area contributed by atoms with Gasteiger partial charge >= 0.3 is 0 Å². The van der Waals surface area contributed by atoms with Crippen LogP contribution in [0.15, 0.2) is 48.5 Å². The van der Waals surface area contributed by atoms with Crippen LogP contribution >= 0.6 is 0 Å². The van der Waals surface area contributed by atoms with Crippen LogP contribution in [0.5, 0.6) is 11.5 Å². The quantitative estimate of drug-likeness (QED) is 0.558. The Labute approximate surface area is 185 Å². The van der Waals surface area contributed by atoms with Crippen molar-refractivity contribution in [2.24, 2.45) is 0 Å². The molecule has 1 aliphatic heterocycles. The fourth-order valence-corrected chi connectivity index (χ4v) is 5.33. The first-order chi connectivity index (χ1) is 14.9. The lowest BCUT2D eigenvalue weighted by Crippen LogP contribution is -2.43. The number of nitrogens with zero attached hydrogens (tertiary/aromatic N) is 1. The average Bonchev–Trinajstić information content (AvgIpc) is 3.14. The Hall–Kier alpha value is -2.54. The zero-order valence-electron chi connectivity index (χ0n) is 18.2. The Bertz CT molecular complexity index is 954. The van der Waals surface area contributed by atoms with E-state index >= 15 is 0 Å². The molecular formula is C24H31NO5S. The van der Waals surface area contributed by atoms with Gasteiger partial charge in [0.1, 0.15) is 11.5 Å². The lowest BCUT2D eigenvalue weighted by molar-refractivity contribution is -0.136. The molecule has 6 nitrogen and oxygen atoms in total. The van der Waals surface area contributed by atoms with Crippen molar-refractivity contribution in [2.45, 2.75) is 45.7 Å². The van der Waals surface area contributed by atoms with Gasteiger partial charge in [-0.25, -0.2) is 8.42 Å². The summed E-state index contributed by atoms with van der Waals surface area (Å²) < 4.78 is 35.4. The molecule has 1 atom stereocenters. The number of hydrogen-bond acceptors (Lipinski definition) is 5. The summed E-state index contributed by atoms with van der Waals surface area (Å²) in [5, 5.41) is 0.